The molecule has 110 valence electrons. The fraction of sp³-hybridized carbons (Fsp3) is 0. The molecule has 22 heavy (non-hydrogen) atoms. The molecule has 3 N–H and O–H groups in total. The number of nitrogens with zero attached hydrogens (tertiary/aromatic N) is 1. The Morgan fingerprint density at radius 3 is 2.45 bits per heavy atom. The van der Waals surface area contributed by atoms with Crippen LogP contribution in [0, 0.1) is 0 Å². The minimum absolute atomic E-state index is 0.212. The van der Waals surface area contributed by atoms with Gasteiger partial charge >= 0.3 is 11.1 Å². The average molecular weight is 312 g/mol. The lowest BCUT2D eigenvalue weighted by Gasteiger charge is -2.14. The zero-order valence-corrected chi connectivity index (χ0v) is 12.2. The molecular weight excluding hydrogens is 300 g/mol. The fourth-order valence-corrected chi connectivity index (χ4v) is 2.26. The van der Waals surface area contributed by atoms with Crippen LogP contribution in [0.1, 0.15) is 0 Å². The number of aromatic amines is 1. The highest BCUT2D eigenvalue weighted by Gasteiger charge is 2.08. The molecule has 0 radical (unpaired) electrons. The molecule has 6 nitrogen and oxygen atoms in total. The van der Waals surface area contributed by atoms with Crippen molar-refractivity contribution in [3.05, 3.63) is 75.3 Å². The van der Waals surface area contributed by atoms with Crippen molar-refractivity contribution in [2.75, 3.05) is 10.7 Å². The summed E-state index contributed by atoms with van der Waals surface area (Å²) in [5, 5.41) is 3.16. The third-order valence-electron chi connectivity index (χ3n) is 3.04. The number of aromatic nitrogens is 2. The number of anilines is 1. The number of benzene rings is 2. The summed E-state index contributed by atoms with van der Waals surface area (Å²) in [6, 6.07) is 16.3. The van der Waals surface area contributed by atoms with Gasteiger partial charge in [-0.2, -0.15) is 0 Å². The van der Waals surface area contributed by atoms with Gasteiger partial charge in [-0.25, -0.2) is 4.68 Å². The standard InChI is InChI=1S/C15H12N4O2S/c20-13-14(21)19(12-9-5-4-8-11(12)17-13)18-15(22)16-10-6-2-1-3-7-10/h1-9H,(H,17,20)(H2,16,18,22). The molecule has 1 aromatic heterocycles. The molecule has 0 atom stereocenters. The molecule has 0 aliphatic rings. The lowest BCUT2D eigenvalue weighted by molar-refractivity contribution is 0.925. The van der Waals surface area contributed by atoms with E-state index < -0.39 is 11.1 Å². The summed E-state index contributed by atoms with van der Waals surface area (Å²) in [6.07, 6.45) is 0. The first kappa shape index (κ1) is 14.0. The summed E-state index contributed by atoms with van der Waals surface area (Å²) in [7, 11) is 0. The van der Waals surface area contributed by atoms with Crippen LogP contribution in [0.3, 0.4) is 0 Å². The fourth-order valence-electron chi connectivity index (χ4n) is 2.05. The molecule has 1 heterocycles. The van der Waals surface area contributed by atoms with E-state index in [1.807, 2.05) is 30.3 Å². The first-order valence-corrected chi connectivity index (χ1v) is 6.93. The summed E-state index contributed by atoms with van der Waals surface area (Å²) >= 11 is 5.19. The van der Waals surface area contributed by atoms with E-state index in [-0.39, 0.29) is 5.11 Å². The molecule has 2 aromatic carbocycles. The Morgan fingerprint density at radius 2 is 1.68 bits per heavy atom. The van der Waals surface area contributed by atoms with Crippen LogP contribution in [0.4, 0.5) is 5.69 Å². The quantitative estimate of drug-likeness (QED) is 0.495. The minimum Gasteiger partial charge on any atom is -0.331 e. The highest BCUT2D eigenvalue weighted by atomic mass is 32.1. The first-order chi connectivity index (χ1) is 10.6. The Kier molecular flexibility index (Phi) is 3.71. The van der Waals surface area contributed by atoms with Crippen LogP contribution in [0.5, 0.6) is 0 Å². The lowest BCUT2D eigenvalue weighted by atomic mass is 10.3. The predicted molar refractivity (Wildman–Crippen MR) is 90.9 cm³/mol. The number of thiocarbonyl (C=S) groups is 1. The highest BCUT2D eigenvalue weighted by molar-refractivity contribution is 7.80. The Balaban J connectivity index is 1.97. The molecule has 0 aliphatic heterocycles. The van der Waals surface area contributed by atoms with E-state index >= 15 is 0 Å². The second-order valence-electron chi connectivity index (χ2n) is 4.54. The highest BCUT2D eigenvalue weighted by Crippen LogP contribution is 2.07. The maximum absolute atomic E-state index is 12.0. The van der Waals surface area contributed by atoms with Gasteiger partial charge in [-0.3, -0.25) is 15.0 Å². The van der Waals surface area contributed by atoms with E-state index in [1.165, 1.54) is 0 Å². The number of para-hydroxylation sites is 3. The second kappa shape index (κ2) is 5.82. The van der Waals surface area contributed by atoms with Gasteiger partial charge in [0.05, 0.1) is 11.0 Å². The van der Waals surface area contributed by atoms with Crippen LogP contribution in [-0.4, -0.2) is 14.8 Å². The summed E-state index contributed by atoms with van der Waals surface area (Å²) in [5.41, 5.74) is 3.16. The van der Waals surface area contributed by atoms with E-state index in [9.17, 15) is 9.59 Å². The molecular formula is C15H12N4O2S. The number of H-pyrrole nitrogens is 1. The van der Waals surface area contributed by atoms with Gasteiger partial charge in [-0.15, -0.1) is 0 Å². The normalized spacial score (nSPS) is 10.4. The Morgan fingerprint density at radius 1 is 1.00 bits per heavy atom. The van der Waals surface area contributed by atoms with Crippen LogP contribution in [0.15, 0.2) is 64.2 Å². The molecule has 0 bridgehead atoms. The van der Waals surface area contributed by atoms with E-state index in [4.69, 9.17) is 12.2 Å². The Labute approximate surface area is 130 Å². The van der Waals surface area contributed by atoms with E-state index in [0.29, 0.717) is 11.0 Å². The summed E-state index contributed by atoms with van der Waals surface area (Å²) in [5.74, 6) is 0. The molecule has 0 unspecified atom stereocenters. The van der Waals surface area contributed by atoms with Gasteiger partial charge < -0.3 is 10.3 Å². The van der Waals surface area contributed by atoms with Crippen molar-refractivity contribution < 1.29 is 0 Å². The maximum atomic E-state index is 12.0. The SMILES string of the molecule is O=c1[nH]c2ccccc2n(NC(=S)Nc2ccccc2)c1=O. The van der Waals surface area contributed by atoms with Gasteiger partial charge in [-0.1, -0.05) is 30.3 Å². The van der Waals surface area contributed by atoms with Crippen LogP contribution >= 0.6 is 12.2 Å². The van der Waals surface area contributed by atoms with Crippen molar-refractivity contribution in [3.8, 4) is 0 Å². The molecule has 0 saturated heterocycles. The number of rotatable bonds is 2. The van der Waals surface area contributed by atoms with E-state index in [2.05, 4.69) is 15.7 Å². The monoisotopic (exact) mass is 312 g/mol. The molecule has 0 fully saturated rings. The van der Waals surface area contributed by atoms with Crippen LogP contribution in [0.2, 0.25) is 0 Å². The largest absolute Gasteiger partial charge is 0.335 e. The van der Waals surface area contributed by atoms with Crippen LogP contribution in [-0.2, 0) is 0 Å². The van der Waals surface area contributed by atoms with Gasteiger partial charge in [0.1, 0.15) is 0 Å². The molecule has 3 rings (SSSR count). The molecule has 0 spiro atoms. The first-order valence-electron chi connectivity index (χ1n) is 6.52. The topological polar surface area (TPSA) is 78.9 Å². The number of hydrogen-bond donors (Lipinski definition) is 3. The van der Waals surface area contributed by atoms with Crippen molar-refractivity contribution in [2.45, 2.75) is 0 Å². The molecule has 0 aliphatic carbocycles. The zero-order valence-electron chi connectivity index (χ0n) is 11.4. The van der Waals surface area contributed by atoms with Gasteiger partial charge in [-0.05, 0) is 36.5 Å². The number of nitrogens with one attached hydrogen (secondary N) is 3. The maximum Gasteiger partial charge on any atom is 0.335 e. The third kappa shape index (κ3) is 2.75. The van der Waals surface area contributed by atoms with E-state index in [0.717, 1.165) is 10.4 Å². The summed E-state index contributed by atoms with van der Waals surface area (Å²) in [4.78, 5) is 26.3. The minimum atomic E-state index is -0.726. The Hall–Kier alpha value is -2.93. The Bertz CT molecular complexity index is 947. The van der Waals surface area contributed by atoms with Gasteiger partial charge in [0.15, 0.2) is 5.11 Å². The van der Waals surface area contributed by atoms with Gasteiger partial charge in [0.25, 0.3) is 0 Å². The molecule has 7 heteroatoms. The number of hydrogen-bond acceptors (Lipinski definition) is 3. The molecule has 3 aromatic rings. The lowest BCUT2D eigenvalue weighted by Crippen LogP contribution is -2.43. The summed E-state index contributed by atoms with van der Waals surface area (Å²) < 4.78 is 1.13. The van der Waals surface area contributed by atoms with Crippen molar-refractivity contribution in [1.29, 1.82) is 0 Å². The van der Waals surface area contributed by atoms with Crippen molar-refractivity contribution in [2.24, 2.45) is 0 Å². The zero-order chi connectivity index (χ0) is 15.5. The third-order valence-corrected chi connectivity index (χ3v) is 3.23. The van der Waals surface area contributed by atoms with Gasteiger partial charge in [0, 0.05) is 5.69 Å². The van der Waals surface area contributed by atoms with Crippen LogP contribution in [0.25, 0.3) is 11.0 Å². The predicted octanol–water partition coefficient (Wildman–Crippen LogP) is 1.63. The number of fused-ring (bicyclic) bond motifs is 1. The summed E-state index contributed by atoms with van der Waals surface area (Å²) in [6.45, 7) is 0. The van der Waals surface area contributed by atoms with Crippen molar-refractivity contribution in [1.82, 2.24) is 9.66 Å². The van der Waals surface area contributed by atoms with Crippen LogP contribution < -0.4 is 21.9 Å². The van der Waals surface area contributed by atoms with Gasteiger partial charge in [0.2, 0.25) is 0 Å². The van der Waals surface area contributed by atoms with Crippen molar-refractivity contribution in [3.63, 3.8) is 0 Å². The van der Waals surface area contributed by atoms with E-state index in [1.54, 1.807) is 24.3 Å². The molecule has 0 amide bonds. The average Bonchev–Trinajstić information content (AvgIpc) is 2.53. The second-order valence-corrected chi connectivity index (χ2v) is 4.95. The smallest absolute Gasteiger partial charge is 0.331 e. The molecule has 0 saturated carbocycles. The van der Waals surface area contributed by atoms with Crippen molar-refractivity contribution >= 4 is 34.1 Å².